The van der Waals surface area contributed by atoms with Crippen LogP contribution in [-0.4, -0.2) is 13.1 Å². The van der Waals surface area contributed by atoms with E-state index >= 15 is 0 Å². The SMILES string of the molecule is Nc1cc(Cl)ccc1N1CC=CC1. The van der Waals surface area contributed by atoms with Crippen LogP contribution in [-0.2, 0) is 0 Å². The number of halogens is 1. The molecule has 2 nitrogen and oxygen atoms in total. The summed E-state index contributed by atoms with van der Waals surface area (Å²) in [6.45, 7) is 1.87. The molecule has 1 aliphatic heterocycles. The molecular weight excluding hydrogens is 184 g/mol. The average Bonchev–Trinajstić information content (AvgIpc) is 2.56. The van der Waals surface area contributed by atoms with Crippen molar-refractivity contribution < 1.29 is 0 Å². The van der Waals surface area contributed by atoms with Crippen molar-refractivity contribution in [3.63, 3.8) is 0 Å². The zero-order valence-electron chi connectivity index (χ0n) is 7.20. The summed E-state index contributed by atoms with van der Waals surface area (Å²) < 4.78 is 0. The highest BCUT2D eigenvalue weighted by Crippen LogP contribution is 2.27. The van der Waals surface area contributed by atoms with Crippen molar-refractivity contribution in [3.05, 3.63) is 35.4 Å². The van der Waals surface area contributed by atoms with Gasteiger partial charge in [-0.15, -0.1) is 0 Å². The van der Waals surface area contributed by atoms with Crippen LogP contribution in [0.2, 0.25) is 5.02 Å². The molecule has 0 unspecified atom stereocenters. The summed E-state index contributed by atoms with van der Waals surface area (Å²) in [6, 6.07) is 5.62. The van der Waals surface area contributed by atoms with E-state index in [1.54, 1.807) is 6.07 Å². The van der Waals surface area contributed by atoms with Gasteiger partial charge in [0.15, 0.2) is 0 Å². The highest BCUT2D eigenvalue weighted by atomic mass is 35.5. The van der Waals surface area contributed by atoms with Crippen molar-refractivity contribution >= 4 is 23.0 Å². The Bertz CT molecular complexity index is 339. The van der Waals surface area contributed by atoms with Gasteiger partial charge in [0, 0.05) is 18.1 Å². The second-order valence-electron chi connectivity index (χ2n) is 3.08. The quantitative estimate of drug-likeness (QED) is 0.549. The lowest BCUT2D eigenvalue weighted by molar-refractivity contribution is 1.01. The predicted molar refractivity (Wildman–Crippen MR) is 57.2 cm³/mol. The van der Waals surface area contributed by atoms with Crippen molar-refractivity contribution in [2.45, 2.75) is 0 Å². The lowest BCUT2D eigenvalue weighted by Gasteiger charge is -2.19. The van der Waals surface area contributed by atoms with E-state index in [-0.39, 0.29) is 0 Å². The summed E-state index contributed by atoms with van der Waals surface area (Å²) in [5.41, 5.74) is 7.66. The molecule has 1 aromatic rings. The minimum atomic E-state index is 0.688. The van der Waals surface area contributed by atoms with E-state index in [1.807, 2.05) is 12.1 Å². The summed E-state index contributed by atoms with van der Waals surface area (Å²) >= 11 is 5.81. The number of hydrogen-bond acceptors (Lipinski definition) is 2. The van der Waals surface area contributed by atoms with E-state index in [4.69, 9.17) is 17.3 Å². The van der Waals surface area contributed by atoms with Crippen LogP contribution in [0.15, 0.2) is 30.4 Å². The molecule has 0 saturated heterocycles. The normalized spacial score (nSPS) is 15.3. The van der Waals surface area contributed by atoms with Crippen LogP contribution in [0.1, 0.15) is 0 Å². The van der Waals surface area contributed by atoms with E-state index in [2.05, 4.69) is 17.1 Å². The molecule has 0 amide bonds. The second kappa shape index (κ2) is 3.30. The molecule has 1 aliphatic rings. The van der Waals surface area contributed by atoms with Gasteiger partial charge in [0.25, 0.3) is 0 Å². The van der Waals surface area contributed by atoms with Gasteiger partial charge >= 0.3 is 0 Å². The Morgan fingerprint density at radius 2 is 1.92 bits per heavy atom. The van der Waals surface area contributed by atoms with E-state index in [1.165, 1.54) is 0 Å². The van der Waals surface area contributed by atoms with E-state index in [9.17, 15) is 0 Å². The maximum absolute atomic E-state index is 5.85. The molecule has 13 heavy (non-hydrogen) atoms. The van der Waals surface area contributed by atoms with Gasteiger partial charge in [-0.05, 0) is 18.2 Å². The number of anilines is 2. The smallest absolute Gasteiger partial charge is 0.0606 e. The monoisotopic (exact) mass is 194 g/mol. The van der Waals surface area contributed by atoms with Crippen molar-refractivity contribution in [1.29, 1.82) is 0 Å². The number of hydrogen-bond donors (Lipinski definition) is 1. The van der Waals surface area contributed by atoms with Gasteiger partial charge in [-0.25, -0.2) is 0 Å². The third-order valence-electron chi connectivity index (χ3n) is 2.15. The van der Waals surface area contributed by atoms with Crippen LogP contribution in [0.5, 0.6) is 0 Å². The van der Waals surface area contributed by atoms with Crippen LogP contribution in [0, 0.1) is 0 Å². The number of benzene rings is 1. The molecule has 68 valence electrons. The highest BCUT2D eigenvalue weighted by molar-refractivity contribution is 6.31. The fourth-order valence-electron chi connectivity index (χ4n) is 1.49. The third kappa shape index (κ3) is 1.63. The lowest BCUT2D eigenvalue weighted by atomic mass is 10.2. The molecule has 1 heterocycles. The van der Waals surface area contributed by atoms with Gasteiger partial charge in [-0.3, -0.25) is 0 Å². The van der Waals surface area contributed by atoms with Crippen LogP contribution >= 0.6 is 11.6 Å². The number of nitrogen functional groups attached to an aromatic ring is 1. The standard InChI is InChI=1S/C10H11ClN2/c11-8-3-4-10(9(12)7-8)13-5-1-2-6-13/h1-4,7H,5-6,12H2. The third-order valence-corrected chi connectivity index (χ3v) is 2.38. The van der Waals surface area contributed by atoms with Crippen LogP contribution in [0.3, 0.4) is 0 Å². The first-order valence-electron chi connectivity index (χ1n) is 4.22. The van der Waals surface area contributed by atoms with Gasteiger partial charge in [0.05, 0.1) is 11.4 Å². The molecule has 2 N–H and O–H groups in total. The van der Waals surface area contributed by atoms with Crippen LogP contribution < -0.4 is 10.6 Å². The molecule has 1 aromatic carbocycles. The average molecular weight is 195 g/mol. The van der Waals surface area contributed by atoms with Crippen molar-refractivity contribution in [3.8, 4) is 0 Å². The van der Waals surface area contributed by atoms with Crippen LogP contribution in [0.4, 0.5) is 11.4 Å². The van der Waals surface area contributed by atoms with E-state index in [0.717, 1.165) is 24.5 Å². The molecule has 0 spiro atoms. The molecule has 2 rings (SSSR count). The van der Waals surface area contributed by atoms with E-state index < -0.39 is 0 Å². The molecule has 0 aromatic heterocycles. The van der Waals surface area contributed by atoms with Gasteiger partial charge < -0.3 is 10.6 Å². The Morgan fingerprint density at radius 3 is 2.54 bits per heavy atom. The van der Waals surface area contributed by atoms with E-state index in [0.29, 0.717) is 5.02 Å². The highest BCUT2D eigenvalue weighted by Gasteiger charge is 2.10. The minimum Gasteiger partial charge on any atom is -0.397 e. The Hall–Kier alpha value is -1.15. The molecule has 0 atom stereocenters. The zero-order valence-corrected chi connectivity index (χ0v) is 7.96. The summed E-state index contributed by atoms with van der Waals surface area (Å²) in [4.78, 5) is 2.20. The lowest BCUT2D eigenvalue weighted by Crippen LogP contribution is -2.19. The number of rotatable bonds is 1. The number of nitrogens with two attached hydrogens (primary N) is 1. The Labute approximate surface area is 82.6 Å². The molecule has 0 fully saturated rings. The molecule has 0 radical (unpaired) electrons. The first kappa shape index (κ1) is 8.45. The first-order valence-corrected chi connectivity index (χ1v) is 4.60. The van der Waals surface area contributed by atoms with Gasteiger partial charge in [0.2, 0.25) is 0 Å². The molecular formula is C10H11ClN2. The Kier molecular flexibility index (Phi) is 2.15. The van der Waals surface area contributed by atoms with Crippen LogP contribution in [0.25, 0.3) is 0 Å². The summed E-state index contributed by atoms with van der Waals surface area (Å²) in [7, 11) is 0. The fourth-order valence-corrected chi connectivity index (χ4v) is 1.67. The molecule has 0 saturated carbocycles. The predicted octanol–water partition coefficient (Wildman–Crippen LogP) is 2.30. The summed E-state index contributed by atoms with van der Waals surface area (Å²) in [5.74, 6) is 0. The Balaban J connectivity index is 2.30. The van der Waals surface area contributed by atoms with Gasteiger partial charge in [-0.1, -0.05) is 23.8 Å². The molecule has 0 bridgehead atoms. The second-order valence-corrected chi connectivity index (χ2v) is 3.52. The zero-order chi connectivity index (χ0) is 9.26. The Morgan fingerprint density at radius 1 is 1.23 bits per heavy atom. The maximum Gasteiger partial charge on any atom is 0.0606 e. The fraction of sp³-hybridized carbons (Fsp3) is 0.200. The summed E-state index contributed by atoms with van der Waals surface area (Å²) in [5, 5.41) is 0.688. The van der Waals surface area contributed by atoms with Gasteiger partial charge in [-0.2, -0.15) is 0 Å². The maximum atomic E-state index is 5.85. The first-order chi connectivity index (χ1) is 6.27. The topological polar surface area (TPSA) is 29.3 Å². The van der Waals surface area contributed by atoms with Crippen molar-refractivity contribution in [1.82, 2.24) is 0 Å². The minimum absolute atomic E-state index is 0.688. The van der Waals surface area contributed by atoms with Crippen molar-refractivity contribution in [2.75, 3.05) is 23.7 Å². The number of nitrogens with zero attached hydrogens (tertiary/aromatic N) is 1. The molecule has 0 aliphatic carbocycles. The van der Waals surface area contributed by atoms with Gasteiger partial charge in [0.1, 0.15) is 0 Å². The molecule has 3 heteroatoms. The largest absolute Gasteiger partial charge is 0.397 e. The summed E-state index contributed by atoms with van der Waals surface area (Å²) in [6.07, 6.45) is 4.27. The van der Waals surface area contributed by atoms with Crippen molar-refractivity contribution in [2.24, 2.45) is 0 Å².